The highest BCUT2D eigenvalue weighted by atomic mass is 79.9. The molecule has 3 aromatic rings. The molecule has 0 bridgehead atoms. The average molecular weight is 536 g/mol. The van der Waals surface area contributed by atoms with E-state index in [1.54, 1.807) is 42.5 Å². The lowest BCUT2D eigenvalue weighted by atomic mass is 10.0. The topological polar surface area (TPSA) is 87.4 Å². The lowest BCUT2D eigenvalue weighted by Crippen LogP contribution is -2.53. The molecule has 0 aliphatic heterocycles. The van der Waals surface area contributed by atoms with Crippen LogP contribution in [0.2, 0.25) is 5.02 Å². The summed E-state index contributed by atoms with van der Waals surface area (Å²) in [5, 5.41) is 1.43. The Morgan fingerprint density at radius 1 is 1.06 bits per heavy atom. The molecule has 9 heteroatoms. The van der Waals surface area contributed by atoms with Crippen molar-refractivity contribution in [1.29, 1.82) is 0 Å². The predicted octanol–water partition coefficient (Wildman–Crippen LogP) is 4.15. The summed E-state index contributed by atoms with van der Waals surface area (Å²) in [7, 11) is 0. The molecule has 0 N–H and O–H groups in total. The molecule has 174 valence electrons. The van der Waals surface area contributed by atoms with E-state index < -0.39 is 29.4 Å². The van der Waals surface area contributed by atoms with Gasteiger partial charge in [-0.2, -0.15) is 0 Å². The van der Waals surface area contributed by atoms with E-state index in [1.165, 1.54) is 24.5 Å². The van der Waals surface area contributed by atoms with Gasteiger partial charge in [0.15, 0.2) is 12.4 Å². The third-order valence-corrected chi connectivity index (χ3v) is 6.16. The van der Waals surface area contributed by atoms with E-state index >= 15 is 0 Å². The second kappa shape index (κ2) is 10.5. The summed E-state index contributed by atoms with van der Waals surface area (Å²) in [6.07, 6.45) is 1.50. The summed E-state index contributed by atoms with van der Waals surface area (Å²) < 4.78 is 7.58. The molecule has 0 saturated heterocycles. The molecule has 0 unspecified atom stereocenters. The maximum Gasteiger partial charge on any atom is 0.332 e. The fourth-order valence-corrected chi connectivity index (χ4v) is 4.08. The van der Waals surface area contributed by atoms with Gasteiger partial charge >= 0.3 is 11.7 Å². The summed E-state index contributed by atoms with van der Waals surface area (Å²) in [6, 6.07) is 13.1. The monoisotopic (exact) mass is 534 g/mol. The minimum Gasteiger partial charge on any atom is -0.456 e. The van der Waals surface area contributed by atoms with Crippen molar-refractivity contribution in [2.24, 2.45) is 0 Å². The number of rotatable bonds is 9. The first-order valence-electron chi connectivity index (χ1n) is 10.5. The number of ether oxygens (including phenoxy) is 1. The van der Waals surface area contributed by atoms with Crippen molar-refractivity contribution in [3.63, 3.8) is 0 Å². The van der Waals surface area contributed by atoms with Crippen LogP contribution in [0.15, 0.2) is 58.1 Å². The molecule has 1 aromatic heterocycles. The third-order valence-electron chi connectivity index (χ3n) is 5.36. The number of hydrogen-bond donors (Lipinski definition) is 0. The Bertz CT molecular complexity index is 1300. The van der Waals surface area contributed by atoms with E-state index in [1.807, 2.05) is 0 Å². The lowest BCUT2D eigenvalue weighted by Gasteiger charge is -2.26. The van der Waals surface area contributed by atoms with Gasteiger partial charge in [-0.3, -0.25) is 14.2 Å². The molecule has 3 rings (SSSR count). The van der Waals surface area contributed by atoms with E-state index in [2.05, 4.69) is 15.9 Å². The van der Waals surface area contributed by atoms with Crippen LogP contribution in [0.3, 0.4) is 0 Å². The highest BCUT2D eigenvalue weighted by Crippen LogP contribution is 2.19. The zero-order chi connectivity index (χ0) is 24.2. The Labute approximate surface area is 204 Å². The van der Waals surface area contributed by atoms with Crippen molar-refractivity contribution in [3.05, 3.63) is 80.0 Å². The third kappa shape index (κ3) is 5.28. The molecule has 1 heterocycles. The number of ketones is 1. The summed E-state index contributed by atoms with van der Waals surface area (Å²) in [5.74, 6) is -1.24. The zero-order valence-corrected chi connectivity index (χ0v) is 20.7. The van der Waals surface area contributed by atoms with Crippen molar-refractivity contribution in [3.8, 4) is 0 Å². The summed E-state index contributed by atoms with van der Waals surface area (Å²) >= 11 is 9.49. The highest BCUT2D eigenvalue weighted by Gasteiger charge is 2.36. The zero-order valence-electron chi connectivity index (χ0n) is 18.3. The molecule has 0 fully saturated rings. The van der Waals surface area contributed by atoms with Crippen LogP contribution in [-0.4, -0.2) is 32.8 Å². The average Bonchev–Trinajstić information content (AvgIpc) is 2.79. The number of unbranched alkanes of at least 4 members (excludes halogenated alkanes) is 1. The quantitative estimate of drug-likeness (QED) is 0.178. The van der Waals surface area contributed by atoms with Crippen LogP contribution in [0.25, 0.3) is 10.9 Å². The Kier molecular flexibility index (Phi) is 7.92. The standard InChI is InChI=1S/C24H24BrClN2O5/c1-24(2,22(31)33-15-20(29)16-8-4-3-5-9-16)28-21(30)18-11-10-17(26)14-19(18)27(23(28)32)13-7-6-12-25/h3-5,8-11,14H,6-7,12-13,15H2,1-2H3. The van der Waals surface area contributed by atoms with Crippen molar-refractivity contribution in [2.75, 3.05) is 11.9 Å². The van der Waals surface area contributed by atoms with Crippen molar-refractivity contribution < 1.29 is 14.3 Å². The van der Waals surface area contributed by atoms with Gasteiger partial charge in [0.05, 0.1) is 10.9 Å². The van der Waals surface area contributed by atoms with Gasteiger partial charge in [0.2, 0.25) is 0 Å². The van der Waals surface area contributed by atoms with Crippen LogP contribution < -0.4 is 11.2 Å². The molecule has 7 nitrogen and oxygen atoms in total. The van der Waals surface area contributed by atoms with E-state index in [9.17, 15) is 19.2 Å². The molecule has 0 radical (unpaired) electrons. The predicted molar refractivity (Wildman–Crippen MR) is 132 cm³/mol. The Morgan fingerprint density at radius 2 is 1.76 bits per heavy atom. The number of halogens is 2. The van der Waals surface area contributed by atoms with Gasteiger partial charge in [-0.15, -0.1) is 0 Å². The number of benzene rings is 2. The number of alkyl halides is 1. The number of aryl methyl sites for hydroxylation is 1. The fourth-order valence-electron chi connectivity index (χ4n) is 3.52. The molecule has 33 heavy (non-hydrogen) atoms. The van der Waals surface area contributed by atoms with E-state index in [-0.39, 0.29) is 11.2 Å². The fraction of sp³-hybridized carbons (Fsp3) is 0.333. The van der Waals surface area contributed by atoms with Crippen LogP contribution >= 0.6 is 27.5 Å². The number of fused-ring (bicyclic) bond motifs is 1. The van der Waals surface area contributed by atoms with Crippen LogP contribution in [-0.2, 0) is 21.6 Å². The molecule has 0 atom stereocenters. The number of hydrogen-bond acceptors (Lipinski definition) is 5. The van der Waals surface area contributed by atoms with Gasteiger partial charge < -0.3 is 4.74 Å². The van der Waals surface area contributed by atoms with Crippen LogP contribution in [0.4, 0.5) is 0 Å². The first-order chi connectivity index (χ1) is 15.7. The smallest absolute Gasteiger partial charge is 0.332 e. The number of carbonyl (C=O) groups excluding carboxylic acids is 2. The van der Waals surface area contributed by atoms with Gasteiger partial charge in [0, 0.05) is 22.5 Å². The number of carbonyl (C=O) groups is 2. The Hall–Kier alpha value is -2.71. The largest absolute Gasteiger partial charge is 0.456 e. The first-order valence-corrected chi connectivity index (χ1v) is 12.0. The molecular formula is C24H24BrClN2O5. The maximum atomic E-state index is 13.4. The Balaban J connectivity index is 2.00. The molecule has 0 spiro atoms. The molecule has 0 saturated carbocycles. The Morgan fingerprint density at radius 3 is 2.42 bits per heavy atom. The molecule has 0 amide bonds. The van der Waals surface area contributed by atoms with Crippen molar-refractivity contribution in [2.45, 2.75) is 38.8 Å². The van der Waals surface area contributed by atoms with Crippen LogP contribution in [0.1, 0.15) is 37.0 Å². The van der Waals surface area contributed by atoms with E-state index in [0.717, 1.165) is 16.3 Å². The van der Waals surface area contributed by atoms with Gasteiger partial charge in [0.1, 0.15) is 5.54 Å². The SMILES string of the molecule is CC(C)(C(=O)OCC(=O)c1ccccc1)n1c(=O)c2ccc(Cl)cc2n(CCCCBr)c1=O. The normalized spacial score (nSPS) is 11.5. The lowest BCUT2D eigenvalue weighted by molar-refractivity contribution is -0.151. The van der Waals surface area contributed by atoms with Crippen molar-refractivity contribution in [1.82, 2.24) is 9.13 Å². The summed E-state index contributed by atoms with van der Waals surface area (Å²) in [4.78, 5) is 52.0. The van der Waals surface area contributed by atoms with Gasteiger partial charge in [-0.05, 0) is 44.9 Å². The molecular weight excluding hydrogens is 512 g/mol. The van der Waals surface area contributed by atoms with Crippen molar-refractivity contribution >= 4 is 50.2 Å². The number of Topliss-reactive ketones (excluding diaryl/α,β-unsaturated/α-hetero) is 1. The highest BCUT2D eigenvalue weighted by molar-refractivity contribution is 9.09. The number of nitrogens with zero attached hydrogens (tertiary/aromatic N) is 2. The van der Waals surface area contributed by atoms with Crippen LogP contribution in [0.5, 0.6) is 0 Å². The van der Waals surface area contributed by atoms with Gasteiger partial charge in [-0.25, -0.2) is 14.2 Å². The first kappa shape index (κ1) is 24.9. The van der Waals surface area contributed by atoms with Gasteiger partial charge in [-0.1, -0.05) is 57.9 Å². The summed E-state index contributed by atoms with van der Waals surface area (Å²) in [5.41, 5.74) is -2.10. The van der Waals surface area contributed by atoms with Gasteiger partial charge in [0.25, 0.3) is 5.56 Å². The van der Waals surface area contributed by atoms with E-state index in [0.29, 0.717) is 29.1 Å². The second-order valence-electron chi connectivity index (χ2n) is 8.06. The second-order valence-corrected chi connectivity index (χ2v) is 9.29. The molecule has 0 aliphatic rings. The summed E-state index contributed by atoms with van der Waals surface area (Å²) in [6.45, 7) is 2.70. The van der Waals surface area contributed by atoms with Crippen LogP contribution in [0, 0.1) is 0 Å². The molecule has 0 aliphatic carbocycles. The maximum absolute atomic E-state index is 13.4. The minimum absolute atomic E-state index is 0.263. The number of esters is 1. The minimum atomic E-state index is -1.64. The number of aromatic nitrogens is 2. The molecule has 2 aromatic carbocycles. The van der Waals surface area contributed by atoms with E-state index in [4.69, 9.17) is 16.3 Å².